The van der Waals surface area contributed by atoms with E-state index in [-0.39, 0.29) is 12.1 Å². The molecule has 0 saturated heterocycles. The van der Waals surface area contributed by atoms with Gasteiger partial charge in [0.25, 0.3) is 5.91 Å². The van der Waals surface area contributed by atoms with Crippen LogP contribution in [0.5, 0.6) is 5.88 Å². The van der Waals surface area contributed by atoms with Crippen LogP contribution in [-0.2, 0) is 12.6 Å². The molecule has 28 heavy (non-hydrogen) atoms. The maximum Gasteiger partial charge on any atom is 0.434 e. The molecule has 0 atom stereocenters. The lowest BCUT2D eigenvalue weighted by molar-refractivity contribution is -0.141. The molecule has 3 heterocycles. The van der Waals surface area contributed by atoms with E-state index >= 15 is 0 Å². The third kappa shape index (κ3) is 4.42. The van der Waals surface area contributed by atoms with Crippen molar-refractivity contribution in [1.82, 2.24) is 19.3 Å². The largest absolute Gasteiger partial charge is 0.481 e. The van der Waals surface area contributed by atoms with Gasteiger partial charge in [-0.25, -0.2) is 9.97 Å². The summed E-state index contributed by atoms with van der Waals surface area (Å²) in [5.74, 6) is -0.0386. The Morgan fingerprint density at radius 2 is 2.04 bits per heavy atom. The standard InChI is InChI=1S/C17H14F3N5O2S/c1-9-15(16(26)24-10-3-4-14(27-2)22-7-10)12(28-25-9)5-11-6-21-8-13(23-11)17(18,19)20/h3-4,6-8H,5H2,1-2H3,(H,24,26). The van der Waals surface area contributed by atoms with Gasteiger partial charge >= 0.3 is 6.18 Å². The van der Waals surface area contributed by atoms with E-state index in [1.165, 1.54) is 19.5 Å². The Morgan fingerprint density at radius 1 is 1.25 bits per heavy atom. The Bertz CT molecular complexity index is 989. The first-order valence-electron chi connectivity index (χ1n) is 7.92. The summed E-state index contributed by atoms with van der Waals surface area (Å²) in [6.45, 7) is 1.65. The molecule has 7 nitrogen and oxygen atoms in total. The van der Waals surface area contributed by atoms with Gasteiger partial charge in [-0.1, -0.05) is 0 Å². The number of nitrogens with one attached hydrogen (secondary N) is 1. The monoisotopic (exact) mass is 409 g/mol. The second kappa shape index (κ2) is 7.89. The fourth-order valence-electron chi connectivity index (χ4n) is 2.39. The van der Waals surface area contributed by atoms with Crippen LogP contribution in [0.4, 0.5) is 18.9 Å². The van der Waals surface area contributed by atoms with E-state index in [9.17, 15) is 18.0 Å². The van der Waals surface area contributed by atoms with Crippen LogP contribution in [0.3, 0.4) is 0 Å². The number of methoxy groups -OCH3 is 1. The molecule has 0 saturated carbocycles. The molecule has 1 amide bonds. The molecule has 1 N–H and O–H groups in total. The summed E-state index contributed by atoms with van der Waals surface area (Å²) < 4.78 is 47.6. The van der Waals surface area contributed by atoms with Gasteiger partial charge in [-0.3, -0.25) is 9.78 Å². The van der Waals surface area contributed by atoms with Crippen molar-refractivity contribution in [2.75, 3.05) is 12.4 Å². The van der Waals surface area contributed by atoms with Gasteiger partial charge in [0.15, 0.2) is 5.69 Å². The summed E-state index contributed by atoms with van der Waals surface area (Å²) in [7, 11) is 1.48. The van der Waals surface area contributed by atoms with Crippen LogP contribution >= 0.6 is 11.5 Å². The zero-order valence-electron chi connectivity index (χ0n) is 14.7. The first-order valence-corrected chi connectivity index (χ1v) is 8.70. The normalized spacial score (nSPS) is 11.3. The summed E-state index contributed by atoms with van der Waals surface area (Å²) in [4.78, 5) is 24.3. The number of carbonyl (C=O) groups is 1. The highest BCUT2D eigenvalue weighted by Gasteiger charge is 2.33. The summed E-state index contributed by atoms with van der Waals surface area (Å²) in [6.07, 6.45) is -1.25. The summed E-state index contributed by atoms with van der Waals surface area (Å²) in [6, 6.07) is 3.21. The lowest BCUT2D eigenvalue weighted by Gasteiger charge is -2.08. The number of ether oxygens (including phenoxy) is 1. The number of halogens is 3. The maximum atomic E-state index is 12.8. The highest BCUT2D eigenvalue weighted by atomic mass is 32.1. The van der Waals surface area contributed by atoms with Crippen molar-refractivity contribution in [3.63, 3.8) is 0 Å². The van der Waals surface area contributed by atoms with Crippen molar-refractivity contribution in [1.29, 1.82) is 0 Å². The Hall–Kier alpha value is -3.08. The van der Waals surface area contributed by atoms with Gasteiger partial charge < -0.3 is 10.1 Å². The number of amides is 1. The Morgan fingerprint density at radius 3 is 2.68 bits per heavy atom. The van der Waals surface area contributed by atoms with Crippen molar-refractivity contribution in [3.05, 3.63) is 58.2 Å². The topological polar surface area (TPSA) is 89.9 Å². The lowest BCUT2D eigenvalue weighted by atomic mass is 10.1. The molecule has 0 aliphatic carbocycles. The van der Waals surface area contributed by atoms with Crippen LogP contribution in [0.15, 0.2) is 30.7 Å². The minimum Gasteiger partial charge on any atom is -0.481 e. The first kappa shape index (κ1) is 19.7. The molecule has 0 aromatic carbocycles. The van der Waals surface area contributed by atoms with Crippen LogP contribution in [0, 0.1) is 6.92 Å². The predicted molar refractivity (Wildman–Crippen MR) is 95.4 cm³/mol. The second-order valence-corrected chi connectivity index (χ2v) is 6.54. The van der Waals surface area contributed by atoms with E-state index in [1.54, 1.807) is 19.1 Å². The molecule has 0 bridgehead atoms. The number of pyridine rings is 1. The lowest BCUT2D eigenvalue weighted by Crippen LogP contribution is -2.15. The molecule has 3 rings (SSSR count). The van der Waals surface area contributed by atoms with E-state index in [2.05, 4.69) is 24.6 Å². The second-order valence-electron chi connectivity index (χ2n) is 5.68. The van der Waals surface area contributed by atoms with Crippen LogP contribution < -0.4 is 10.1 Å². The fourth-order valence-corrected chi connectivity index (χ4v) is 3.27. The van der Waals surface area contributed by atoms with Crippen LogP contribution in [-0.4, -0.2) is 32.3 Å². The number of hydrogen-bond acceptors (Lipinski definition) is 7. The molecule has 0 radical (unpaired) electrons. The Labute approximate surface area is 161 Å². The third-order valence-electron chi connectivity index (χ3n) is 3.68. The molecule has 146 valence electrons. The van der Waals surface area contributed by atoms with Crippen molar-refractivity contribution in [3.8, 4) is 5.88 Å². The number of aromatic nitrogens is 4. The quantitative estimate of drug-likeness (QED) is 0.694. The number of carbonyl (C=O) groups excluding carboxylic acids is 1. The van der Waals surface area contributed by atoms with E-state index < -0.39 is 17.8 Å². The molecule has 3 aromatic heterocycles. The number of rotatable bonds is 5. The van der Waals surface area contributed by atoms with Crippen molar-refractivity contribution in [2.45, 2.75) is 19.5 Å². The molecule has 0 unspecified atom stereocenters. The first-order chi connectivity index (χ1) is 13.3. The van der Waals surface area contributed by atoms with Gasteiger partial charge in [-0.05, 0) is 24.5 Å². The molecular formula is C17H14F3N5O2S. The highest BCUT2D eigenvalue weighted by molar-refractivity contribution is 7.06. The number of aryl methyl sites for hydroxylation is 1. The molecule has 0 spiro atoms. The van der Waals surface area contributed by atoms with Crippen molar-refractivity contribution < 1.29 is 22.7 Å². The summed E-state index contributed by atoms with van der Waals surface area (Å²) >= 11 is 1.03. The molecule has 3 aromatic rings. The molecular weight excluding hydrogens is 395 g/mol. The maximum absolute atomic E-state index is 12.8. The highest BCUT2D eigenvalue weighted by Crippen LogP contribution is 2.28. The molecule has 11 heteroatoms. The number of nitrogens with zero attached hydrogens (tertiary/aromatic N) is 4. The SMILES string of the molecule is COc1ccc(NC(=O)c2c(C)nsc2Cc2cncc(C(F)(F)F)n2)cn1. The molecule has 0 aliphatic heterocycles. The zero-order valence-corrected chi connectivity index (χ0v) is 15.6. The smallest absolute Gasteiger partial charge is 0.434 e. The van der Waals surface area contributed by atoms with Crippen LogP contribution in [0.2, 0.25) is 0 Å². The molecule has 0 fully saturated rings. The van der Waals surface area contributed by atoms with Gasteiger partial charge in [0.1, 0.15) is 0 Å². The minimum atomic E-state index is -4.59. The van der Waals surface area contributed by atoms with Gasteiger partial charge in [0, 0.05) is 23.6 Å². The van der Waals surface area contributed by atoms with E-state index in [0.717, 1.165) is 11.5 Å². The fraction of sp³-hybridized carbons (Fsp3) is 0.235. The van der Waals surface area contributed by atoms with Crippen molar-refractivity contribution >= 4 is 23.1 Å². The summed E-state index contributed by atoms with van der Waals surface area (Å²) in [5.41, 5.74) is 0.223. The van der Waals surface area contributed by atoms with Crippen molar-refractivity contribution in [2.24, 2.45) is 0 Å². The van der Waals surface area contributed by atoms with E-state index in [4.69, 9.17) is 4.74 Å². The average Bonchev–Trinajstić information content (AvgIpc) is 3.02. The average molecular weight is 409 g/mol. The van der Waals surface area contributed by atoms with E-state index in [0.29, 0.717) is 33.9 Å². The van der Waals surface area contributed by atoms with E-state index in [1.807, 2.05) is 0 Å². The van der Waals surface area contributed by atoms with Crippen LogP contribution in [0.1, 0.15) is 32.3 Å². The Kier molecular flexibility index (Phi) is 5.54. The third-order valence-corrected chi connectivity index (χ3v) is 4.61. The van der Waals surface area contributed by atoms with Gasteiger partial charge in [-0.15, -0.1) is 0 Å². The zero-order chi connectivity index (χ0) is 20.3. The Balaban J connectivity index is 1.82. The van der Waals surface area contributed by atoms with Crippen LogP contribution in [0.25, 0.3) is 0 Å². The predicted octanol–water partition coefficient (Wildman–Crippen LogP) is 3.51. The number of alkyl halides is 3. The minimum absolute atomic E-state index is 0.00599. The van der Waals surface area contributed by atoms with Gasteiger partial charge in [0.2, 0.25) is 5.88 Å². The number of hydrogen-bond donors (Lipinski definition) is 1. The van der Waals surface area contributed by atoms with Gasteiger partial charge in [-0.2, -0.15) is 17.5 Å². The summed E-state index contributed by atoms with van der Waals surface area (Å²) in [5, 5.41) is 2.69. The number of anilines is 1. The van der Waals surface area contributed by atoms with Gasteiger partial charge in [0.05, 0.1) is 42.1 Å². The molecule has 0 aliphatic rings.